The van der Waals surface area contributed by atoms with Crippen LogP contribution in [0.15, 0.2) is 58.9 Å². The Kier molecular flexibility index (Phi) is 6.82. The number of hydrogen-bond donors (Lipinski definition) is 1. The van der Waals surface area contributed by atoms with Crippen LogP contribution in [0.5, 0.6) is 0 Å². The second-order valence-corrected chi connectivity index (χ2v) is 9.65. The maximum absolute atomic E-state index is 13.7. The molecule has 1 aromatic heterocycles. The van der Waals surface area contributed by atoms with Crippen LogP contribution in [-0.2, 0) is 16.0 Å². The lowest BCUT2D eigenvalue weighted by atomic mass is 9.87. The molecule has 150 valence electrons. The molecule has 0 bridgehead atoms. The van der Waals surface area contributed by atoms with Crippen LogP contribution >= 0.6 is 23.1 Å². The van der Waals surface area contributed by atoms with Crippen LogP contribution in [0.1, 0.15) is 37.5 Å². The summed E-state index contributed by atoms with van der Waals surface area (Å²) in [6, 6.07) is 14.8. The summed E-state index contributed by atoms with van der Waals surface area (Å²) in [7, 11) is 0. The highest BCUT2D eigenvalue weighted by Crippen LogP contribution is 2.29. The third-order valence-electron chi connectivity index (χ3n) is 4.15. The highest BCUT2D eigenvalue weighted by atomic mass is 32.2. The van der Waals surface area contributed by atoms with Gasteiger partial charge in [0, 0.05) is 11.8 Å². The Morgan fingerprint density at radius 2 is 1.86 bits per heavy atom. The summed E-state index contributed by atoms with van der Waals surface area (Å²) in [5.74, 6) is -0.0508. The standard InChI is InChI=1S/C22H22FN3OS2/c1-22(2,3)17-11-8-15(9-12-17)10-13-19(27)24-20-25-26-21(29-20)28-14-16-6-4-5-7-18(16)23/h4-13H,14H2,1-3H3,(H,24,25,27)/b13-10+. The van der Waals surface area contributed by atoms with E-state index in [0.29, 0.717) is 20.8 Å². The van der Waals surface area contributed by atoms with Gasteiger partial charge in [-0.25, -0.2) is 4.39 Å². The number of anilines is 1. The third kappa shape index (κ3) is 6.24. The third-order valence-corrected chi connectivity index (χ3v) is 6.17. The highest BCUT2D eigenvalue weighted by Gasteiger charge is 2.12. The molecule has 0 aliphatic rings. The number of nitrogens with zero attached hydrogens (tertiary/aromatic N) is 2. The maximum Gasteiger partial charge on any atom is 0.250 e. The van der Waals surface area contributed by atoms with E-state index in [2.05, 4.69) is 48.4 Å². The molecular weight excluding hydrogens is 405 g/mol. The van der Waals surface area contributed by atoms with Crippen molar-refractivity contribution in [2.75, 3.05) is 5.32 Å². The van der Waals surface area contributed by atoms with Gasteiger partial charge in [0.15, 0.2) is 4.34 Å². The first-order chi connectivity index (χ1) is 13.8. The van der Waals surface area contributed by atoms with Crippen LogP contribution in [0, 0.1) is 5.82 Å². The van der Waals surface area contributed by atoms with Gasteiger partial charge >= 0.3 is 0 Å². The Hall–Kier alpha value is -2.51. The maximum atomic E-state index is 13.7. The second kappa shape index (κ2) is 9.33. The number of hydrogen-bond acceptors (Lipinski definition) is 5. The Balaban J connectivity index is 1.53. The van der Waals surface area contributed by atoms with Gasteiger partial charge in [0.2, 0.25) is 11.0 Å². The smallest absolute Gasteiger partial charge is 0.250 e. The number of thioether (sulfide) groups is 1. The molecule has 0 spiro atoms. The molecule has 0 aliphatic carbocycles. The number of carbonyl (C=O) groups is 1. The summed E-state index contributed by atoms with van der Waals surface area (Å²) >= 11 is 2.65. The molecule has 4 nitrogen and oxygen atoms in total. The fraction of sp³-hybridized carbons (Fsp3) is 0.227. The quantitative estimate of drug-likeness (QED) is 0.301. The molecule has 7 heteroatoms. The van der Waals surface area contributed by atoms with E-state index in [9.17, 15) is 9.18 Å². The second-order valence-electron chi connectivity index (χ2n) is 7.45. The molecule has 1 heterocycles. The number of amides is 1. The van der Waals surface area contributed by atoms with Gasteiger partial charge in [0.25, 0.3) is 0 Å². The first-order valence-corrected chi connectivity index (χ1v) is 10.9. The predicted octanol–water partition coefficient (Wildman–Crippen LogP) is 5.92. The molecular formula is C22H22FN3OS2. The minimum atomic E-state index is -0.272. The van der Waals surface area contributed by atoms with Gasteiger partial charge in [0.05, 0.1) is 0 Å². The molecule has 1 N–H and O–H groups in total. The van der Waals surface area contributed by atoms with Gasteiger partial charge in [-0.2, -0.15) is 0 Å². The monoisotopic (exact) mass is 427 g/mol. The minimum absolute atomic E-state index is 0.0967. The molecule has 29 heavy (non-hydrogen) atoms. The van der Waals surface area contributed by atoms with Crippen molar-refractivity contribution in [1.29, 1.82) is 0 Å². The van der Waals surface area contributed by atoms with Crippen molar-refractivity contribution in [3.8, 4) is 0 Å². The van der Waals surface area contributed by atoms with Crippen molar-refractivity contribution in [2.24, 2.45) is 0 Å². The van der Waals surface area contributed by atoms with E-state index in [1.807, 2.05) is 12.1 Å². The van der Waals surface area contributed by atoms with Crippen LogP contribution in [0.4, 0.5) is 9.52 Å². The van der Waals surface area contributed by atoms with Gasteiger partial charge in [-0.3, -0.25) is 10.1 Å². The van der Waals surface area contributed by atoms with Crippen LogP contribution in [0.3, 0.4) is 0 Å². The SMILES string of the molecule is CC(C)(C)c1ccc(/C=C/C(=O)Nc2nnc(SCc3ccccc3F)s2)cc1. The van der Waals surface area contributed by atoms with Crippen molar-refractivity contribution >= 4 is 40.2 Å². The normalized spacial score (nSPS) is 11.7. The summed E-state index contributed by atoms with van der Waals surface area (Å²) in [5, 5.41) is 11.1. The van der Waals surface area contributed by atoms with E-state index in [4.69, 9.17) is 0 Å². The Morgan fingerprint density at radius 1 is 1.14 bits per heavy atom. The zero-order valence-electron chi connectivity index (χ0n) is 16.5. The Morgan fingerprint density at radius 3 is 2.55 bits per heavy atom. The topological polar surface area (TPSA) is 54.9 Å². The Labute approximate surface area is 178 Å². The molecule has 3 rings (SSSR count). The number of nitrogens with one attached hydrogen (secondary N) is 1. The van der Waals surface area contributed by atoms with Crippen LogP contribution in [0.25, 0.3) is 6.08 Å². The first-order valence-electron chi connectivity index (χ1n) is 9.10. The van der Waals surface area contributed by atoms with Gasteiger partial charge in [-0.1, -0.05) is 86.3 Å². The molecule has 0 aliphatic heterocycles. The van der Waals surface area contributed by atoms with Gasteiger partial charge in [-0.05, 0) is 34.2 Å². The average Bonchev–Trinajstić information content (AvgIpc) is 3.12. The number of rotatable bonds is 6. The Bertz CT molecular complexity index is 1010. The van der Waals surface area contributed by atoms with Gasteiger partial charge in [-0.15, -0.1) is 10.2 Å². The minimum Gasteiger partial charge on any atom is -0.297 e. The molecule has 0 saturated heterocycles. The van der Waals surface area contributed by atoms with E-state index in [-0.39, 0.29) is 17.1 Å². The summed E-state index contributed by atoms with van der Waals surface area (Å²) in [5.41, 5.74) is 2.90. The summed E-state index contributed by atoms with van der Waals surface area (Å²) in [4.78, 5) is 12.1. The van der Waals surface area contributed by atoms with Crippen molar-refractivity contribution in [1.82, 2.24) is 10.2 Å². The zero-order chi connectivity index (χ0) is 20.9. The van der Waals surface area contributed by atoms with Crippen molar-refractivity contribution in [3.63, 3.8) is 0 Å². The lowest BCUT2D eigenvalue weighted by Gasteiger charge is -2.18. The first kappa shape index (κ1) is 21.2. The molecule has 0 fully saturated rings. The fourth-order valence-electron chi connectivity index (χ4n) is 2.49. The van der Waals surface area contributed by atoms with E-state index >= 15 is 0 Å². The molecule has 3 aromatic rings. The number of halogens is 1. The number of carbonyl (C=O) groups excluding carboxylic acids is 1. The van der Waals surface area contributed by atoms with E-state index in [1.165, 1.54) is 40.8 Å². The lowest BCUT2D eigenvalue weighted by molar-refractivity contribution is -0.111. The molecule has 0 unspecified atom stereocenters. The van der Waals surface area contributed by atoms with Gasteiger partial charge in [0.1, 0.15) is 5.82 Å². The molecule has 0 radical (unpaired) electrons. The van der Waals surface area contributed by atoms with Crippen LogP contribution in [0.2, 0.25) is 0 Å². The molecule has 1 amide bonds. The van der Waals surface area contributed by atoms with E-state index in [1.54, 1.807) is 24.3 Å². The van der Waals surface area contributed by atoms with Crippen molar-refractivity contribution in [3.05, 3.63) is 77.1 Å². The fourth-order valence-corrected chi connectivity index (χ4v) is 4.23. The molecule has 0 saturated carbocycles. The zero-order valence-corrected chi connectivity index (χ0v) is 18.1. The predicted molar refractivity (Wildman–Crippen MR) is 119 cm³/mol. The van der Waals surface area contributed by atoms with Crippen molar-refractivity contribution < 1.29 is 9.18 Å². The summed E-state index contributed by atoms with van der Waals surface area (Å²) in [6.45, 7) is 6.49. The number of benzene rings is 2. The summed E-state index contributed by atoms with van der Waals surface area (Å²) in [6.07, 6.45) is 3.23. The molecule has 0 atom stereocenters. The molecule has 2 aromatic carbocycles. The number of aromatic nitrogens is 2. The average molecular weight is 428 g/mol. The van der Waals surface area contributed by atoms with Crippen LogP contribution in [-0.4, -0.2) is 16.1 Å². The highest BCUT2D eigenvalue weighted by molar-refractivity contribution is 8.00. The largest absolute Gasteiger partial charge is 0.297 e. The summed E-state index contributed by atoms with van der Waals surface area (Å²) < 4.78 is 14.3. The van der Waals surface area contributed by atoms with Crippen molar-refractivity contribution in [2.45, 2.75) is 36.3 Å². The van der Waals surface area contributed by atoms with Crippen LogP contribution < -0.4 is 5.32 Å². The van der Waals surface area contributed by atoms with E-state index in [0.717, 1.165) is 5.56 Å². The van der Waals surface area contributed by atoms with Gasteiger partial charge < -0.3 is 0 Å². The lowest BCUT2D eigenvalue weighted by Crippen LogP contribution is -2.10. The van der Waals surface area contributed by atoms with E-state index < -0.39 is 0 Å².